The summed E-state index contributed by atoms with van der Waals surface area (Å²) in [5.74, 6) is 0.231. The summed E-state index contributed by atoms with van der Waals surface area (Å²) in [7, 11) is 0. The number of nitrogens with zero attached hydrogens (tertiary/aromatic N) is 2. The number of anilines is 1. The number of amides is 1. The first-order valence-electron chi connectivity index (χ1n) is 8.91. The van der Waals surface area contributed by atoms with Gasteiger partial charge in [0.2, 0.25) is 5.91 Å². The molecule has 0 radical (unpaired) electrons. The van der Waals surface area contributed by atoms with Crippen LogP contribution in [0.25, 0.3) is 0 Å². The maximum Gasteiger partial charge on any atom is 0.241 e. The number of aryl methyl sites for hydroxylation is 1. The summed E-state index contributed by atoms with van der Waals surface area (Å²) in [5, 5.41) is 0. The summed E-state index contributed by atoms with van der Waals surface area (Å²) < 4.78 is 0. The van der Waals surface area contributed by atoms with Crippen molar-refractivity contribution >= 4 is 11.6 Å². The van der Waals surface area contributed by atoms with Crippen LogP contribution in [0.5, 0.6) is 0 Å². The van der Waals surface area contributed by atoms with E-state index in [2.05, 4.69) is 54.3 Å². The number of hydrogen-bond acceptors (Lipinski definition) is 2. The SMILES string of the molecule is C[C@H]1CCc2ccccc2N1C(=O)CN1CCc2ccccc2C1. The molecular formula is C21H24N2O. The predicted octanol–water partition coefficient (Wildman–Crippen LogP) is 3.41. The second-order valence-corrected chi connectivity index (χ2v) is 7.01. The first-order valence-corrected chi connectivity index (χ1v) is 8.91. The summed E-state index contributed by atoms with van der Waals surface area (Å²) in [6.07, 6.45) is 3.15. The Bertz CT molecular complexity index is 755. The van der Waals surface area contributed by atoms with E-state index in [0.717, 1.165) is 38.0 Å². The number of para-hydroxylation sites is 1. The van der Waals surface area contributed by atoms with Gasteiger partial charge in [-0.05, 0) is 48.9 Å². The van der Waals surface area contributed by atoms with Gasteiger partial charge >= 0.3 is 0 Å². The fourth-order valence-electron chi connectivity index (χ4n) is 4.02. The average Bonchev–Trinajstić information content (AvgIpc) is 2.61. The van der Waals surface area contributed by atoms with Gasteiger partial charge in [0, 0.05) is 24.8 Å². The summed E-state index contributed by atoms with van der Waals surface area (Å²) in [4.78, 5) is 17.3. The van der Waals surface area contributed by atoms with Crippen LogP contribution in [0.2, 0.25) is 0 Å². The first kappa shape index (κ1) is 15.4. The predicted molar refractivity (Wildman–Crippen MR) is 97.1 cm³/mol. The molecule has 24 heavy (non-hydrogen) atoms. The van der Waals surface area contributed by atoms with Crippen LogP contribution in [0, 0.1) is 0 Å². The molecule has 1 amide bonds. The van der Waals surface area contributed by atoms with Gasteiger partial charge in [-0.1, -0.05) is 42.5 Å². The van der Waals surface area contributed by atoms with E-state index in [1.165, 1.54) is 16.7 Å². The van der Waals surface area contributed by atoms with E-state index in [0.29, 0.717) is 6.54 Å². The Morgan fingerprint density at radius 1 is 1.00 bits per heavy atom. The van der Waals surface area contributed by atoms with Gasteiger partial charge in [-0.15, -0.1) is 0 Å². The molecule has 2 aliphatic heterocycles. The number of carbonyl (C=O) groups is 1. The number of fused-ring (bicyclic) bond motifs is 2. The number of benzene rings is 2. The highest BCUT2D eigenvalue weighted by molar-refractivity contribution is 5.96. The minimum Gasteiger partial charge on any atom is -0.308 e. The topological polar surface area (TPSA) is 23.6 Å². The standard InChI is InChI=1S/C21H24N2O/c1-16-10-11-18-7-4-5-9-20(18)23(16)21(24)15-22-13-12-17-6-2-3-8-19(17)14-22/h2-9,16H,10-15H2,1H3/t16-/m0/s1. The molecule has 0 saturated carbocycles. The van der Waals surface area contributed by atoms with Gasteiger partial charge in [0.25, 0.3) is 0 Å². The highest BCUT2D eigenvalue weighted by atomic mass is 16.2. The summed E-state index contributed by atoms with van der Waals surface area (Å²) in [6.45, 7) is 4.52. The van der Waals surface area contributed by atoms with Crippen molar-refractivity contribution in [3.63, 3.8) is 0 Å². The van der Waals surface area contributed by atoms with Gasteiger partial charge in [0.05, 0.1) is 6.54 Å². The molecule has 0 aromatic heterocycles. The molecule has 3 nitrogen and oxygen atoms in total. The first-order chi connectivity index (χ1) is 11.7. The van der Waals surface area contributed by atoms with Gasteiger partial charge in [0.1, 0.15) is 0 Å². The van der Waals surface area contributed by atoms with Crippen LogP contribution in [0.4, 0.5) is 5.69 Å². The van der Waals surface area contributed by atoms with Gasteiger partial charge < -0.3 is 4.90 Å². The highest BCUT2D eigenvalue weighted by Gasteiger charge is 2.29. The van der Waals surface area contributed by atoms with Gasteiger partial charge in [-0.25, -0.2) is 0 Å². The van der Waals surface area contributed by atoms with Crippen molar-refractivity contribution in [3.8, 4) is 0 Å². The molecule has 1 atom stereocenters. The monoisotopic (exact) mass is 320 g/mol. The van der Waals surface area contributed by atoms with Crippen molar-refractivity contribution < 1.29 is 4.79 Å². The second-order valence-electron chi connectivity index (χ2n) is 7.01. The van der Waals surface area contributed by atoms with E-state index in [1.807, 2.05) is 11.0 Å². The van der Waals surface area contributed by atoms with Crippen molar-refractivity contribution in [1.82, 2.24) is 4.90 Å². The molecule has 0 N–H and O–H groups in total. The third kappa shape index (κ3) is 2.84. The summed E-state index contributed by atoms with van der Waals surface area (Å²) in [5.41, 5.74) is 5.20. The van der Waals surface area contributed by atoms with Crippen molar-refractivity contribution in [2.24, 2.45) is 0 Å². The molecule has 124 valence electrons. The van der Waals surface area contributed by atoms with E-state index >= 15 is 0 Å². The quantitative estimate of drug-likeness (QED) is 0.846. The highest BCUT2D eigenvalue weighted by Crippen LogP contribution is 2.30. The van der Waals surface area contributed by atoms with E-state index < -0.39 is 0 Å². The second kappa shape index (κ2) is 6.40. The lowest BCUT2D eigenvalue weighted by Gasteiger charge is -2.37. The van der Waals surface area contributed by atoms with Crippen molar-refractivity contribution in [1.29, 1.82) is 0 Å². The minimum atomic E-state index is 0.231. The molecule has 0 bridgehead atoms. The molecule has 2 aromatic rings. The molecule has 0 spiro atoms. The lowest BCUT2D eigenvalue weighted by molar-refractivity contribution is -0.120. The zero-order valence-electron chi connectivity index (χ0n) is 14.2. The van der Waals surface area contributed by atoms with Crippen LogP contribution in [-0.2, 0) is 24.2 Å². The van der Waals surface area contributed by atoms with Crippen LogP contribution < -0.4 is 4.90 Å². The molecule has 0 saturated heterocycles. The van der Waals surface area contributed by atoms with Crippen LogP contribution in [0.1, 0.15) is 30.0 Å². The Balaban J connectivity index is 1.51. The number of hydrogen-bond donors (Lipinski definition) is 0. The van der Waals surface area contributed by atoms with Crippen molar-refractivity contribution in [2.45, 2.75) is 38.8 Å². The van der Waals surface area contributed by atoms with Crippen LogP contribution >= 0.6 is 0 Å². The van der Waals surface area contributed by atoms with Crippen LogP contribution in [0.15, 0.2) is 48.5 Å². The molecule has 4 rings (SSSR count). The van der Waals surface area contributed by atoms with Gasteiger partial charge in [-0.2, -0.15) is 0 Å². The smallest absolute Gasteiger partial charge is 0.241 e. The van der Waals surface area contributed by atoms with Gasteiger partial charge in [0.15, 0.2) is 0 Å². The maximum atomic E-state index is 13.0. The van der Waals surface area contributed by atoms with Gasteiger partial charge in [-0.3, -0.25) is 9.69 Å². The lowest BCUT2D eigenvalue weighted by atomic mass is 9.96. The summed E-state index contributed by atoms with van der Waals surface area (Å²) >= 11 is 0. The Kier molecular flexibility index (Phi) is 4.11. The Morgan fingerprint density at radius 2 is 1.71 bits per heavy atom. The molecule has 0 fully saturated rings. The lowest BCUT2D eigenvalue weighted by Crippen LogP contribution is -2.47. The Hall–Kier alpha value is -2.13. The third-order valence-electron chi connectivity index (χ3n) is 5.36. The van der Waals surface area contributed by atoms with E-state index in [-0.39, 0.29) is 11.9 Å². The Labute approximate surface area is 143 Å². The average molecular weight is 320 g/mol. The van der Waals surface area contributed by atoms with Crippen molar-refractivity contribution in [3.05, 3.63) is 65.2 Å². The molecule has 2 aliphatic rings. The van der Waals surface area contributed by atoms with E-state index in [1.54, 1.807) is 0 Å². The van der Waals surface area contributed by atoms with Crippen LogP contribution in [-0.4, -0.2) is 29.9 Å². The van der Waals surface area contributed by atoms with E-state index in [9.17, 15) is 4.79 Å². The summed E-state index contributed by atoms with van der Waals surface area (Å²) in [6, 6.07) is 17.2. The molecular weight excluding hydrogens is 296 g/mol. The molecule has 2 aromatic carbocycles. The maximum absolute atomic E-state index is 13.0. The van der Waals surface area contributed by atoms with Crippen LogP contribution in [0.3, 0.4) is 0 Å². The number of rotatable bonds is 2. The number of carbonyl (C=O) groups excluding carboxylic acids is 1. The zero-order chi connectivity index (χ0) is 16.5. The molecule has 2 heterocycles. The largest absolute Gasteiger partial charge is 0.308 e. The van der Waals surface area contributed by atoms with Crippen molar-refractivity contribution in [2.75, 3.05) is 18.0 Å². The molecule has 0 aliphatic carbocycles. The van der Waals surface area contributed by atoms with E-state index in [4.69, 9.17) is 0 Å². The zero-order valence-corrected chi connectivity index (χ0v) is 14.2. The fraction of sp³-hybridized carbons (Fsp3) is 0.381. The molecule has 0 unspecified atom stereocenters. The third-order valence-corrected chi connectivity index (χ3v) is 5.36. The minimum absolute atomic E-state index is 0.231. The fourth-order valence-corrected chi connectivity index (χ4v) is 4.02. The Morgan fingerprint density at radius 3 is 2.54 bits per heavy atom. The normalized spacial score (nSPS) is 20.4. The molecule has 3 heteroatoms.